The summed E-state index contributed by atoms with van der Waals surface area (Å²) >= 11 is 0. The zero-order valence-corrected chi connectivity index (χ0v) is 11.7. The third kappa shape index (κ3) is 3.09. The van der Waals surface area contributed by atoms with E-state index < -0.39 is 18.0 Å². The maximum Gasteiger partial charge on any atom is 0.451 e. The van der Waals surface area contributed by atoms with Crippen LogP contribution in [0.1, 0.15) is 17.4 Å². The van der Waals surface area contributed by atoms with E-state index in [-0.39, 0.29) is 23.6 Å². The third-order valence-corrected chi connectivity index (χ3v) is 3.23. The van der Waals surface area contributed by atoms with E-state index in [0.717, 1.165) is 5.56 Å². The summed E-state index contributed by atoms with van der Waals surface area (Å²) in [4.78, 5) is 13.4. The van der Waals surface area contributed by atoms with Gasteiger partial charge in [0.15, 0.2) is 11.5 Å². The van der Waals surface area contributed by atoms with Crippen molar-refractivity contribution in [2.75, 3.05) is 11.9 Å². The van der Waals surface area contributed by atoms with Gasteiger partial charge in [0.2, 0.25) is 5.82 Å². The Morgan fingerprint density at radius 1 is 1.17 bits per heavy atom. The van der Waals surface area contributed by atoms with Gasteiger partial charge in [0.25, 0.3) is 0 Å². The number of halogens is 3. The van der Waals surface area contributed by atoms with Gasteiger partial charge in [0.1, 0.15) is 5.52 Å². The first-order valence-corrected chi connectivity index (χ1v) is 6.69. The molecular formula is C14H12F3N5O. The van der Waals surface area contributed by atoms with Crippen molar-refractivity contribution >= 4 is 17.0 Å². The summed E-state index contributed by atoms with van der Waals surface area (Å²) in [5.74, 6) is -1.35. The number of imidazole rings is 1. The molecule has 23 heavy (non-hydrogen) atoms. The first-order valence-electron chi connectivity index (χ1n) is 6.69. The van der Waals surface area contributed by atoms with Gasteiger partial charge in [-0.15, -0.1) is 0 Å². The second-order valence-electron chi connectivity index (χ2n) is 4.78. The van der Waals surface area contributed by atoms with Gasteiger partial charge in [0.05, 0.1) is 19.0 Å². The molecule has 0 spiro atoms. The maximum absolute atomic E-state index is 12.9. The summed E-state index contributed by atoms with van der Waals surface area (Å²) in [7, 11) is 0. The molecule has 0 bridgehead atoms. The van der Waals surface area contributed by atoms with Crippen molar-refractivity contribution in [2.45, 2.75) is 12.2 Å². The molecule has 0 aliphatic carbocycles. The van der Waals surface area contributed by atoms with Gasteiger partial charge in [-0.3, -0.25) is 0 Å². The molecule has 120 valence electrons. The van der Waals surface area contributed by atoms with E-state index in [1.165, 1.54) is 6.33 Å². The maximum atomic E-state index is 12.9. The number of benzene rings is 1. The lowest BCUT2D eigenvalue weighted by molar-refractivity contribution is -0.144. The second-order valence-corrected chi connectivity index (χ2v) is 4.78. The van der Waals surface area contributed by atoms with Crippen molar-refractivity contribution in [2.24, 2.45) is 0 Å². The van der Waals surface area contributed by atoms with Gasteiger partial charge in [-0.1, -0.05) is 30.3 Å². The summed E-state index contributed by atoms with van der Waals surface area (Å²) in [6.45, 7) is -0.314. The van der Waals surface area contributed by atoms with E-state index in [1.807, 2.05) is 0 Å². The Labute approximate surface area is 128 Å². The molecule has 2 aromatic heterocycles. The number of aliphatic hydroxyl groups is 1. The van der Waals surface area contributed by atoms with Crippen LogP contribution >= 0.6 is 0 Å². The Morgan fingerprint density at radius 3 is 2.57 bits per heavy atom. The molecule has 3 aromatic rings. The monoisotopic (exact) mass is 323 g/mol. The van der Waals surface area contributed by atoms with E-state index >= 15 is 0 Å². The fourth-order valence-corrected chi connectivity index (χ4v) is 2.15. The standard InChI is InChI=1S/C14H12F3N5O/c15-14(16,17)13-21-11-10(18-7-19-11)12(22-13)20-9(6-23)8-4-2-1-3-5-8/h1-5,7,9,23H,6H2,(H2,18,19,20,21,22). The van der Waals surface area contributed by atoms with Crippen LogP contribution in [0.5, 0.6) is 0 Å². The number of fused-ring (bicyclic) bond motifs is 1. The smallest absolute Gasteiger partial charge is 0.394 e. The molecule has 0 saturated carbocycles. The number of hydrogen-bond donors (Lipinski definition) is 3. The van der Waals surface area contributed by atoms with Gasteiger partial charge < -0.3 is 15.4 Å². The Balaban J connectivity index is 2.03. The lowest BCUT2D eigenvalue weighted by Gasteiger charge is -2.18. The molecule has 3 N–H and O–H groups in total. The van der Waals surface area contributed by atoms with Crippen LogP contribution in [0, 0.1) is 0 Å². The van der Waals surface area contributed by atoms with Crippen LogP contribution in [0.2, 0.25) is 0 Å². The lowest BCUT2D eigenvalue weighted by atomic mass is 10.1. The molecule has 0 aliphatic rings. The number of anilines is 1. The van der Waals surface area contributed by atoms with Gasteiger partial charge in [-0.2, -0.15) is 13.2 Å². The molecule has 0 radical (unpaired) electrons. The van der Waals surface area contributed by atoms with E-state index in [2.05, 4.69) is 25.3 Å². The minimum atomic E-state index is -4.69. The number of rotatable bonds is 4. The molecule has 2 heterocycles. The molecule has 0 aliphatic heterocycles. The molecule has 0 amide bonds. The fourth-order valence-electron chi connectivity index (χ4n) is 2.15. The van der Waals surface area contributed by atoms with Crippen LogP contribution in [-0.4, -0.2) is 31.6 Å². The Morgan fingerprint density at radius 2 is 1.91 bits per heavy atom. The fraction of sp³-hybridized carbons (Fsp3) is 0.214. The van der Waals surface area contributed by atoms with Gasteiger partial charge >= 0.3 is 6.18 Å². The molecule has 1 unspecified atom stereocenters. The number of aromatic nitrogens is 4. The van der Waals surface area contributed by atoms with Crippen molar-refractivity contribution in [3.05, 3.63) is 48.0 Å². The van der Waals surface area contributed by atoms with Gasteiger partial charge in [-0.05, 0) is 5.56 Å². The zero-order valence-electron chi connectivity index (χ0n) is 11.7. The highest BCUT2D eigenvalue weighted by atomic mass is 19.4. The average Bonchev–Trinajstić information content (AvgIpc) is 3.01. The van der Waals surface area contributed by atoms with Crippen LogP contribution in [0.3, 0.4) is 0 Å². The number of aliphatic hydroxyl groups excluding tert-OH is 1. The number of nitrogens with zero attached hydrogens (tertiary/aromatic N) is 3. The number of aromatic amines is 1. The summed E-state index contributed by atoms with van der Waals surface area (Å²) in [5, 5.41) is 12.4. The van der Waals surface area contributed by atoms with Crippen molar-refractivity contribution in [3.8, 4) is 0 Å². The summed E-state index contributed by atoms with van der Waals surface area (Å²) < 4.78 is 38.7. The second kappa shape index (κ2) is 5.84. The Hall–Kier alpha value is -2.68. The summed E-state index contributed by atoms with van der Waals surface area (Å²) in [5.41, 5.74) is 0.863. The third-order valence-electron chi connectivity index (χ3n) is 3.23. The van der Waals surface area contributed by atoms with Crippen LogP contribution in [0.15, 0.2) is 36.7 Å². The molecule has 1 aromatic carbocycles. The topological polar surface area (TPSA) is 86.7 Å². The molecule has 0 saturated heterocycles. The molecule has 9 heteroatoms. The van der Waals surface area contributed by atoms with E-state index in [9.17, 15) is 18.3 Å². The van der Waals surface area contributed by atoms with Crippen LogP contribution in [-0.2, 0) is 6.18 Å². The highest BCUT2D eigenvalue weighted by Crippen LogP contribution is 2.30. The van der Waals surface area contributed by atoms with Crippen LogP contribution < -0.4 is 5.32 Å². The van der Waals surface area contributed by atoms with Gasteiger partial charge in [0, 0.05) is 0 Å². The highest BCUT2D eigenvalue weighted by molar-refractivity contribution is 5.82. The minimum absolute atomic E-state index is 0.0669. The van der Waals surface area contributed by atoms with E-state index in [4.69, 9.17) is 0 Å². The minimum Gasteiger partial charge on any atom is -0.394 e. The molecule has 0 fully saturated rings. The number of H-pyrrole nitrogens is 1. The number of alkyl halides is 3. The van der Waals surface area contributed by atoms with Crippen LogP contribution in [0.25, 0.3) is 11.2 Å². The predicted octanol–water partition coefficient (Wildman–Crippen LogP) is 2.52. The van der Waals surface area contributed by atoms with Gasteiger partial charge in [-0.25, -0.2) is 15.0 Å². The molecule has 1 atom stereocenters. The molecule has 3 rings (SSSR count). The Bertz CT molecular complexity index is 803. The summed E-state index contributed by atoms with van der Waals surface area (Å²) in [6.07, 6.45) is -3.45. The first kappa shape index (κ1) is 15.2. The van der Waals surface area contributed by atoms with Crippen LogP contribution in [0.4, 0.5) is 19.0 Å². The van der Waals surface area contributed by atoms with Crippen molar-refractivity contribution in [3.63, 3.8) is 0 Å². The summed E-state index contributed by atoms with van der Waals surface area (Å²) in [6, 6.07) is 8.24. The van der Waals surface area contributed by atoms with Crippen molar-refractivity contribution < 1.29 is 18.3 Å². The van der Waals surface area contributed by atoms with E-state index in [0.29, 0.717) is 0 Å². The molecular weight excluding hydrogens is 311 g/mol. The first-order chi connectivity index (χ1) is 11.0. The quantitative estimate of drug-likeness (QED) is 0.687. The number of hydrogen-bond acceptors (Lipinski definition) is 5. The van der Waals surface area contributed by atoms with Crippen molar-refractivity contribution in [1.29, 1.82) is 0 Å². The largest absolute Gasteiger partial charge is 0.451 e. The SMILES string of the molecule is OCC(Nc1nc(C(F)(F)F)nc2nc[nH]c12)c1ccccc1. The van der Waals surface area contributed by atoms with Crippen molar-refractivity contribution in [1.82, 2.24) is 19.9 Å². The Kier molecular flexibility index (Phi) is 3.87. The average molecular weight is 323 g/mol. The normalized spacial score (nSPS) is 13.2. The molecule has 6 nitrogen and oxygen atoms in total. The predicted molar refractivity (Wildman–Crippen MR) is 76.6 cm³/mol. The lowest BCUT2D eigenvalue weighted by Crippen LogP contribution is -2.18. The number of nitrogens with one attached hydrogen (secondary N) is 2. The highest BCUT2D eigenvalue weighted by Gasteiger charge is 2.36. The zero-order chi connectivity index (χ0) is 16.4. The van der Waals surface area contributed by atoms with E-state index in [1.54, 1.807) is 30.3 Å².